The lowest BCUT2D eigenvalue weighted by Crippen LogP contribution is -2.02. The van der Waals surface area contributed by atoms with Gasteiger partial charge in [0.15, 0.2) is 5.69 Å². The third kappa shape index (κ3) is 2.22. The second-order valence-electron chi connectivity index (χ2n) is 4.55. The molecule has 3 aromatic rings. The van der Waals surface area contributed by atoms with Crippen LogP contribution in [-0.4, -0.2) is 39.6 Å². The van der Waals surface area contributed by atoms with Gasteiger partial charge in [-0.25, -0.2) is 9.31 Å². The van der Waals surface area contributed by atoms with Crippen LogP contribution < -0.4 is 4.74 Å². The standard InChI is InChI=1S/C14H14N4O3/c1-17-7-10(6-15-17)9-4-13(20-2)12-5-11(14(19)21-3)16-18(12)8-9/h4-8H,1-3H3. The first-order valence-corrected chi connectivity index (χ1v) is 6.27. The highest BCUT2D eigenvalue weighted by molar-refractivity contribution is 5.89. The zero-order valence-corrected chi connectivity index (χ0v) is 11.9. The molecule has 21 heavy (non-hydrogen) atoms. The van der Waals surface area contributed by atoms with E-state index in [0.29, 0.717) is 11.3 Å². The molecule has 3 rings (SSSR count). The number of aryl methyl sites for hydroxylation is 1. The lowest BCUT2D eigenvalue weighted by Gasteiger charge is -2.05. The number of hydrogen-bond acceptors (Lipinski definition) is 5. The maximum absolute atomic E-state index is 11.6. The molecule has 0 bridgehead atoms. The molecule has 0 saturated carbocycles. The van der Waals surface area contributed by atoms with E-state index in [1.54, 1.807) is 28.6 Å². The average molecular weight is 286 g/mol. The number of rotatable bonds is 3. The van der Waals surface area contributed by atoms with Crippen molar-refractivity contribution in [1.82, 2.24) is 19.4 Å². The summed E-state index contributed by atoms with van der Waals surface area (Å²) in [5.41, 5.74) is 2.77. The number of aromatic nitrogens is 4. The molecule has 0 spiro atoms. The first-order chi connectivity index (χ1) is 10.1. The van der Waals surface area contributed by atoms with Crippen molar-refractivity contribution in [3.05, 3.63) is 36.4 Å². The van der Waals surface area contributed by atoms with Crippen LogP contribution in [0, 0.1) is 0 Å². The van der Waals surface area contributed by atoms with E-state index in [-0.39, 0.29) is 5.69 Å². The van der Waals surface area contributed by atoms with E-state index in [4.69, 9.17) is 4.74 Å². The van der Waals surface area contributed by atoms with Gasteiger partial charge in [-0.2, -0.15) is 10.2 Å². The molecule has 0 atom stereocenters. The lowest BCUT2D eigenvalue weighted by atomic mass is 10.1. The monoisotopic (exact) mass is 286 g/mol. The van der Waals surface area contributed by atoms with E-state index in [2.05, 4.69) is 14.9 Å². The van der Waals surface area contributed by atoms with Crippen LogP contribution >= 0.6 is 0 Å². The zero-order valence-electron chi connectivity index (χ0n) is 11.9. The van der Waals surface area contributed by atoms with Gasteiger partial charge in [0, 0.05) is 36.6 Å². The van der Waals surface area contributed by atoms with Crippen molar-refractivity contribution in [1.29, 1.82) is 0 Å². The Kier molecular flexibility index (Phi) is 3.09. The van der Waals surface area contributed by atoms with E-state index in [1.807, 2.05) is 25.5 Å². The Balaban J connectivity index is 2.18. The second kappa shape index (κ2) is 4.93. The molecular weight excluding hydrogens is 272 g/mol. The maximum Gasteiger partial charge on any atom is 0.358 e. The Bertz CT molecular complexity index is 819. The molecule has 0 radical (unpaired) electrons. The highest BCUT2D eigenvalue weighted by atomic mass is 16.5. The van der Waals surface area contributed by atoms with Gasteiger partial charge in [0.1, 0.15) is 11.3 Å². The van der Waals surface area contributed by atoms with Gasteiger partial charge in [0.2, 0.25) is 0 Å². The molecule has 0 amide bonds. The average Bonchev–Trinajstić information content (AvgIpc) is 3.11. The summed E-state index contributed by atoms with van der Waals surface area (Å²) in [5, 5.41) is 8.37. The fourth-order valence-electron chi connectivity index (χ4n) is 2.16. The Labute approximate surface area is 120 Å². The zero-order chi connectivity index (χ0) is 15.0. The third-order valence-electron chi connectivity index (χ3n) is 3.19. The smallest absolute Gasteiger partial charge is 0.358 e. The number of methoxy groups -OCH3 is 2. The number of hydrogen-bond donors (Lipinski definition) is 0. The lowest BCUT2D eigenvalue weighted by molar-refractivity contribution is 0.0593. The van der Waals surface area contributed by atoms with E-state index in [0.717, 1.165) is 11.1 Å². The number of esters is 1. The summed E-state index contributed by atoms with van der Waals surface area (Å²) in [4.78, 5) is 11.6. The predicted octanol–water partition coefficient (Wildman–Crippen LogP) is 1.53. The molecule has 0 fully saturated rings. The quantitative estimate of drug-likeness (QED) is 0.683. The van der Waals surface area contributed by atoms with Crippen molar-refractivity contribution in [3.8, 4) is 16.9 Å². The van der Waals surface area contributed by atoms with E-state index < -0.39 is 5.97 Å². The highest BCUT2D eigenvalue weighted by Crippen LogP contribution is 2.28. The molecule has 108 valence electrons. The van der Waals surface area contributed by atoms with Gasteiger partial charge < -0.3 is 9.47 Å². The van der Waals surface area contributed by atoms with Crippen LogP contribution in [0.3, 0.4) is 0 Å². The molecule has 0 saturated heterocycles. The molecule has 3 heterocycles. The van der Waals surface area contributed by atoms with Crippen molar-refractivity contribution in [3.63, 3.8) is 0 Å². The number of nitrogens with zero attached hydrogens (tertiary/aromatic N) is 4. The summed E-state index contributed by atoms with van der Waals surface area (Å²) in [6.07, 6.45) is 5.47. The Morgan fingerprint density at radius 2 is 2.00 bits per heavy atom. The Morgan fingerprint density at radius 3 is 2.62 bits per heavy atom. The number of pyridine rings is 1. The number of fused-ring (bicyclic) bond motifs is 1. The third-order valence-corrected chi connectivity index (χ3v) is 3.19. The highest BCUT2D eigenvalue weighted by Gasteiger charge is 2.15. The summed E-state index contributed by atoms with van der Waals surface area (Å²) in [6.45, 7) is 0. The summed E-state index contributed by atoms with van der Waals surface area (Å²) in [6, 6.07) is 3.52. The van der Waals surface area contributed by atoms with E-state index in [1.165, 1.54) is 7.11 Å². The first kappa shape index (κ1) is 13.2. The first-order valence-electron chi connectivity index (χ1n) is 6.27. The SMILES string of the molecule is COC(=O)c1cc2c(OC)cc(-c3cnn(C)c3)cn2n1. The fraction of sp³-hybridized carbons (Fsp3) is 0.214. The summed E-state index contributed by atoms with van der Waals surface area (Å²) in [5.74, 6) is 0.141. The van der Waals surface area contributed by atoms with Gasteiger partial charge in [0.25, 0.3) is 0 Å². The minimum atomic E-state index is -0.483. The molecule has 0 aliphatic heterocycles. The Hall–Kier alpha value is -2.83. The molecule has 0 aliphatic rings. The van der Waals surface area contributed by atoms with Crippen LogP contribution in [0.15, 0.2) is 30.7 Å². The minimum absolute atomic E-state index is 0.235. The van der Waals surface area contributed by atoms with Crippen molar-refractivity contribution < 1.29 is 14.3 Å². The van der Waals surface area contributed by atoms with Crippen LogP contribution in [0.5, 0.6) is 5.75 Å². The Morgan fingerprint density at radius 1 is 1.19 bits per heavy atom. The van der Waals surface area contributed by atoms with E-state index in [9.17, 15) is 4.79 Å². The van der Waals surface area contributed by atoms with Crippen molar-refractivity contribution in [2.24, 2.45) is 7.05 Å². The van der Waals surface area contributed by atoms with Crippen LogP contribution in [0.25, 0.3) is 16.6 Å². The van der Waals surface area contributed by atoms with Gasteiger partial charge in [-0.05, 0) is 6.07 Å². The van der Waals surface area contributed by atoms with Gasteiger partial charge in [-0.15, -0.1) is 0 Å². The molecule has 7 heteroatoms. The molecule has 0 aromatic carbocycles. The fourth-order valence-corrected chi connectivity index (χ4v) is 2.16. The minimum Gasteiger partial charge on any atom is -0.494 e. The van der Waals surface area contributed by atoms with Gasteiger partial charge >= 0.3 is 5.97 Å². The summed E-state index contributed by atoms with van der Waals surface area (Å²) >= 11 is 0. The van der Waals surface area contributed by atoms with Gasteiger partial charge in [-0.3, -0.25) is 4.68 Å². The summed E-state index contributed by atoms with van der Waals surface area (Å²) in [7, 11) is 4.75. The molecular formula is C14H14N4O3. The topological polar surface area (TPSA) is 70.7 Å². The van der Waals surface area contributed by atoms with Crippen molar-refractivity contribution in [2.75, 3.05) is 14.2 Å². The largest absolute Gasteiger partial charge is 0.494 e. The predicted molar refractivity (Wildman–Crippen MR) is 75.3 cm³/mol. The normalized spacial score (nSPS) is 10.8. The van der Waals surface area contributed by atoms with Crippen LogP contribution in [-0.2, 0) is 11.8 Å². The van der Waals surface area contributed by atoms with E-state index >= 15 is 0 Å². The molecule has 7 nitrogen and oxygen atoms in total. The second-order valence-corrected chi connectivity index (χ2v) is 4.55. The van der Waals surface area contributed by atoms with Gasteiger partial charge in [0.05, 0.1) is 20.4 Å². The maximum atomic E-state index is 11.6. The number of carbonyl (C=O) groups excluding carboxylic acids is 1. The van der Waals surface area contributed by atoms with Crippen LogP contribution in [0.2, 0.25) is 0 Å². The number of carbonyl (C=O) groups is 1. The summed E-state index contributed by atoms with van der Waals surface area (Å²) < 4.78 is 13.4. The van der Waals surface area contributed by atoms with Crippen molar-refractivity contribution >= 4 is 11.5 Å². The molecule has 3 aromatic heterocycles. The van der Waals surface area contributed by atoms with Gasteiger partial charge in [-0.1, -0.05) is 0 Å². The molecule has 0 aliphatic carbocycles. The van der Waals surface area contributed by atoms with Crippen LogP contribution in [0.4, 0.5) is 0 Å². The van der Waals surface area contributed by atoms with Crippen molar-refractivity contribution in [2.45, 2.75) is 0 Å². The number of ether oxygens (including phenoxy) is 2. The van der Waals surface area contributed by atoms with Crippen LogP contribution in [0.1, 0.15) is 10.5 Å². The molecule has 0 N–H and O–H groups in total. The molecule has 0 unspecified atom stereocenters.